The molecule has 1 amide bonds. The minimum absolute atomic E-state index is 0.0216. The number of benzene rings is 1. The fourth-order valence-electron chi connectivity index (χ4n) is 2.54. The largest absolute Gasteiger partial charge is 0.394 e. The zero-order chi connectivity index (χ0) is 14.7. The molecule has 1 heterocycles. The minimum Gasteiger partial charge on any atom is -0.394 e. The predicted molar refractivity (Wildman–Crippen MR) is 78.1 cm³/mol. The maximum atomic E-state index is 12.7. The fourth-order valence-corrected chi connectivity index (χ4v) is 2.54. The first-order chi connectivity index (χ1) is 9.55. The van der Waals surface area contributed by atoms with E-state index in [4.69, 9.17) is 4.74 Å². The first-order valence-corrected chi connectivity index (χ1v) is 6.89. The monoisotopic (exact) mass is 278 g/mol. The number of hydrogen-bond donors (Lipinski definition) is 2. The number of nitrogens with zero attached hydrogens (tertiary/aromatic N) is 1. The van der Waals surface area contributed by atoms with Crippen molar-refractivity contribution in [2.45, 2.75) is 26.1 Å². The summed E-state index contributed by atoms with van der Waals surface area (Å²) in [5, 5.41) is 12.3. The van der Waals surface area contributed by atoms with Crippen molar-refractivity contribution in [3.05, 3.63) is 29.3 Å². The first kappa shape index (κ1) is 14.8. The zero-order valence-electron chi connectivity index (χ0n) is 12.2. The molecule has 0 spiro atoms. The van der Waals surface area contributed by atoms with Crippen molar-refractivity contribution in [3.63, 3.8) is 0 Å². The van der Waals surface area contributed by atoms with Gasteiger partial charge in [0.05, 0.1) is 24.4 Å². The highest BCUT2D eigenvalue weighted by Crippen LogP contribution is 2.21. The Morgan fingerprint density at radius 1 is 1.50 bits per heavy atom. The van der Waals surface area contributed by atoms with Crippen molar-refractivity contribution in [2.75, 3.05) is 32.1 Å². The highest BCUT2D eigenvalue weighted by molar-refractivity contribution is 5.99. The Kier molecular flexibility index (Phi) is 4.62. The van der Waals surface area contributed by atoms with Gasteiger partial charge >= 0.3 is 0 Å². The van der Waals surface area contributed by atoms with Gasteiger partial charge in [0.1, 0.15) is 0 Å². The standard InChI is InChI=1S/C15H22N2O3/c1-10-4-5-14(16-3)13(6-10)15(19)17-7-11(2)20-12(8-17)9-18/h4-6,11-12,16,18H,7-9H2,1-3H3. The summed E-state index contributed by atoms with van der Waals surface area (Å²) in [6, 6.07) is 5.78. The molecule has 0 radical (unpaired) electrons. The van der Waals surface area contributed by atoms with E-state index in [1.54, 1.807) is 11.9 Å². The number of carbonyl (C=O) groups excluding carboxylic acids is 1. The summed E-state index contributed by atoms with van der Waals surface area (Å²) in [5.74, 6) is -0.0216. The van der Waals surface area contributed by atoms with Crippen molar-refractivity contribution < 1.29 is 14.6 Å². The molecule has 1 saturated heterocycles. The fraction of sp³-hybridized carbons (Fsp3) is 0.533. The molecule has 0 aliphatic carbocycles. The van der Waals surface area contributed by atoms with E-state index in [2.05, 4.69) is 5.32 Å². The topological polar surface area (TPSA) is 61.8 Å². The van der Waals surface area contributed by atoms with Crippen LogP contribution in [-0.4, -0.2) is 54.9 Å². The Hall–Kier alpha value is -1.59. The molecular formula is C15H22N2O3. The van der Waals surface area contributed by atoms with Gasteiger partial charge in [-0.05, 0) is 26.0 Å². The molecule has 2 rings (SSSR count). The van der Waals surface area contributed by atoms with E-state index in [0.29, 0.717) is 18.7 Å². The molecule has 2 N–H and O–H groups in total. The SMILES string of the molecule is CNc1ccc(C)cc1C(=O)N1CC(C)OC(CO)C1. The number of morpholine rings is 1. The quantitative estimate of drug-likeness (QED) is 0.874. The average molecular weight is 278 g/mol. The molecule has 1 aliphatic rings. The van der Waals surface area contributed by atoms with Crippen LogP contribution in [-0.2, 0) is 4.74 Å². The third-order valence-corrected chi connectivity index (χ3v) is 3.49. The summed E-state index contributed by atoms with van der Waals surface area (Å²) < 4.78 is 5.57. The van der Waals surface area contributed by atoms with Gasteiger partial charge in [0.2, 0.25) is 0 Å². The third kappa shape index (κ3) is 3.11. The zero-order valence-corrected chi connectivity index (χ0v) is 12.2. The number of ether oxygens (including phenoxy) is 1. The van der Waals surface area contributed by atoms with Crippen LogP contribution in [0.3, 0.4) is 0 Å². The van der Waals surface area contributed by atoms with Gasteiger partial charge in [0.15, 0.2) is 0 Å². The number of nitrogens with one attached hydrogen (secondary N) is 1. The highest BCUT2D eigenvalue weighted by Gasteiger charge is 2.29. The summed E-state index contributed by atoms with van der Waals surface area (Å²) in [7, 11) is 1.81. The number of aliphatic hydroxyl groups is 1. The number of amides is 1. The van der Waals surface area contributed by atoms with Crippen molar-refractivity contribution in [1.29, 1.82) is 0 Å². The number of anilines is 1. The Morgan fingerprint density at radius 3 is 2.90 bits per heavy atom. The van der Waals surface area contributed by atoms with Crippen molar-refractivity contribution >= 4 is 11.6 Å². The molecule has 1 aromatic rings. The van der Waals surface area contributed by atoms with Crippen LogP contribution in [0.5, 0.6) is 0 Å². The van der Waals surface area contributed by atoms with Crippen LogP contribution in [0.25, 0.3) is 0 Å². The molecule has 5 nitrogen and oxygen atoms in total. The van der Waals surface area contributed by atoms with Crippen LogP contribution in [0.4, 0.5) is 5.69 Å². The van der Waals surface area contributed by atoms with Crippen LogP contribution >= 0.6 is 0 Å². The number of carbonyl (C=O) groups is 1. The number of hydrogen-bond acceptors (Lipinski definition) is 4. The summed E-state index contributed by atoms with van der Waals surface area (Å²) >= 11 is 0. The van der Waals surface area contributed by atoms with E-state index < -0.39 is 0 Å². The molecular weight excluding hydrogens is 256 g/mol. The van der Waals surface area contributed by atoms with Crippen molar-refractivity contribution in [3.8, 4) is 0 Å². The lowest BCUT2D eigenvalue weighted by Crippen LogP contribution is -2.50. The van der Waals surface area contributed by atoms with Crippen LogP contribution in [0.2, 0.25) is 0 Å². The van der Waals surface area contributed by atoms with Gasteiger partial charge in [-0.1, -0.05) is 11.6 Å². The molecule has 110 valence electrons. The highest BCUT2D eigenvalue weighted by atomic mass is 16.5. The predicted octanol–water partition coefficient (Wildman–Crippen LogP) is 1.26. The van der Waals surface area contributed by atoms with Crippen LogP contribution < -0.4 is 5.32 Å². The molecule has 2 unspecified atom stereocenters. The summed E-state index contributed by atoms with van der Waals surface area (Å²) in [5.41, 5.74) is 2.53. The van der Waals surface area contributed by atoms with Gasteiger partial charge in [0, 0.05) is 25.8 Å². The second-order valence-electron chi connectivity index (χ2n) is 5.26. The van der Waals surface area contributed by atoms with Gasteiger partial charge in [-0.2, -0.15) is 0 Å². The van der Waals surface area contributed by atoms with Crippen LogP contribution in [0, 0.1) is 6.92 Å². The normalized spacial score (nSPS) is 22.7. The maximum Gasteiger partial charge on any atom is 0.256 e. The van der Waals surface area contributed by atoms with Gasteiger partial charge in [0.25, 0.3) is 5.91 Å². The van der Waals surface area contributed by atoms with E-state index in [9.17, 15) is 9.90 Å². The molecule has 1 aromatic carbocycles. The van der Waals surface area contributed by atoms with E-state index >= 15 is 0 Å². The molecule has 5 heteroatoms. The molecule has 0 bridgehead atoms. The lowest BCUT2D eigenvalue weighted by atomic mass is 10.1. The van der Waals surface area contributed by atoms with E-state index in [0.717, 1.165) is 11.3 Å². The Balaban J connectivity index is 2.24. The molecule has 0 aromatic heterocycles. The second kappa shape index (κ2) is 6.24. The molecule has 2 atom stereocenters. The van der Waals surface area contributed by atoms with Crippen molar-refractivity contribution in [1.82, 2.24) is 4.90 Å². The Labute approximate surface area is 119 Å². The number of rotatable bonds is 3. The molecule has 20 heavy (non-hydrogen) atoms. The molecule has 1 fully saturated rings. The van der Waals surface area contributed by atoms with Crippen molar-refractivity contribution in [2.24, 2.45) is 0 Å². The summed E-state index contributed by atoms with van der Waals surface area (Å²) in [4.78, 5) is 14.4. The summed E-state index contributed by atoms with van der Waals surface area (Å²) in [6.07, 6.45) is -0.363. The molecule has 1 aliphatic heterocycles. The maximum absolute atomic E-state index is 12.7. The summed E-state index contributed by atoms with van der Waals surface area (Å²) in [6.45, 7) is 4.79. The van der Waals surface area contributed by atoms with Gasteiger partial charge in [-0.3, -0.25) is 4.79 Å². The van der Waals surface area contributed by atoms with Gasteiger partial charge < -0.3 is 20.1 Å². The first-order valence-electron chi connectivity index (χ1n) is 6.89. The Morgan fingerprint density at radius 2 is 2.25 bits per heavy atom. The van der Waals surface area contributed by atoms with Crippen LogP contribution in [0.15, 0.2) is 18.2 Å². The Bertz CT molecular complexity index is 490. The molecule has 0 saturated carbocycles. The van der Waals surface area contributed by atoms with Gasteiger partial charge in [-0.15, -0.1) is 0 Å². The second-order valence-corrected chi connectivity index (χ2v) is 5.26. The van der Waals surface area contributed by atoms with E-state index in [1.165, 1.54) is 0 Å². The number of aryl methyl sites for hydroxylation is 1. The third-order valence-electron chi connectivity index (χ3n) is 3.49. The van der Waals surface area contributed by atoms with E-state index in [1.807, 2.05) is 32.0 Å². The van der Waals surface area contributed by atoms with Gasteiger partial charge in [-0.25, -0.2) is 0 Å². The minimum atomic E-state index is -0.300. The average Bonchev–Trinajstić information content (AvgIpc) is 2.45. The smallest absolute Gasteiger partial charge is 0.256 e. The van der Waals surface area contributed by atoms with E-state index in [-0.39, 0.29) is 24.7 Å². The lowest BCUT2D eigenvalue weighted by molar-refractivity contribution is -0.0858. The van der Waals surface area contributed by atoms with Crippen LogP contribution in [0.1, 0.15) is 22.8 Å². The number of aliphatic hydroxyl groups excluding tert-OH is 1. The lowest BCUT2D eigenvalue weighted by Gasteiger charge is -2.36.